The molecule has 1 atom stereocenters. The molecule has 0 saturated heterocycles. The van der Waals surface area contributed by atoms with Gasteiger partial charge in [0, 0.05) is 16.1 Å². The lowest BCUT2D eigenvalue weighted by atomic mass is 9.80. The van der Waals surface area contributed by atoms with Crippen molar-refractivity contribution in [1.82, 2.24) is 5.32 Å². The first-order valence-electron chi connectivity index (χ1n) is 11.3. The van der Waals surface area contributed by atoms with E-state index in [0.717, 1.165) is 21.9 Å². The molecule has 0 fully saturated rings. The Labute approximate surface area is 207 Å². The van der Waals surface area contributed by atoms with Crippen LogP contribution in [0.25, 0.3) is 10.8 Å². The maximum absolute atomic E-state index is 13.4. The van der Waals surface area contributed by atoms with E-state index in [4.69, 9.17) is 21.1 Å². The molecule has 0 spiro atoms. The number of hydrogen-bond acceptors (Lipinski definition) is 4. The molecule has 5 rings (SSSR count). The first-order chi connectivity index (χ1) is 17.1. The summed E-state index contributed by atoms with van der Waals surface area (Å²) in [5.41, 5.74) is 2.30. The number of hydrogen-bond donors (Lipinski definition) is 1. The second-order valence-electron chi connectivity index (χ2n) is 8.07. The Morgan fingerprint density at radius 1 is 0.943 bits per heavy atom. The highest BCUT2D eigenvalue weighted by molar-refractivity contribution is 6.31. The number of amides is 1. The fraction of sp³-hybridized carbons (Fsp3) is 0.103. The molecule has 174 valence electrons. The molecule has 1 amide bonds. The number of nitrogens with one attached hydrogen (secondary N) is 1. The van der Waals surface area contributed by atoms with Gasteiger partial charge in [-0.15, -0.1) is 0 Å². The lowest BCUT2D eigenvalue weighted by molar-refractivity contribution is -0.139. The Bertz CT molecular complexity index is 1460. The maximum atomic E-state index is 13.4. The van der Waals surface area contributed by atoms with Gasteiger partial charge >= 0.3 is 5.97 Å². The highest BCUT2D eigenvalue weighted by Gasteiger charge is 2.38. The van der Waals surface area contributed by atoms with Crippen LogP contribution in [0, 0.1) is 0 Å². The minimum atomic E-state index is -0.554. The summed E-state index contributed by atoms with van der Waals surface area (Å²) in [5.74, 6) is -0.904. The third-order valence-electron chi connectivity index (χ3n) is 5.91. The highest BCUT2D eigenvalue weighted by atomic mass is 35.5. The van der Waals surface area contributed by atoms with E-state index in [1.54, 1.807) is 31.2 Å². The van der Waals surface area contributed by atoms with Gasteiger partial charge in [-0.2, -0.15) is 0 Å². The monoisotopic (exact) mass is 483 g/mol. The van der Waals surface area contributed by atoms with Gasteiger partial charge in [-0.1, -0.05) is 78.3 Å². The average Bonchev–Trinajstić information content (AvgIpc) is 2.88. The number of carbonyl (C=O) groups is 2. The minimum absolute atomic E-state index is 0.0464. The molecule has 0 aromatic heterocycles. The molecule has 1 aliphatic heterocycles. The standard InChI is InChI=1S/C29H22ClNO4/c1-2-34-29(33)26-24(19-10-4-3-5-11-19)25-22-14-7-6-9-18(22)15-16-23(25)35-28(26)31-27(32)20-12-8-13-21(30)17-20/h3-17,24H,2H2,1H3,(H,31,32). The zero-order chi connectivity index (χ0) is 24.4. The van der Waals surface area contributed by atoms with Gasteiger partial charge in [-0.25, -0.2) is 4.79 Å². The third kappa shape index (κ3) is 4.38. The normalized spacial score (nSPS) is 14.7. The molecule has 1 aliphatic rings. The topological polar surface area (TPSA) is 64.6 Å². The van der Waals surface area contributed by atoms with Crippen molar-refractivity contribution < 1.29 is 19.1 Å². The van der Waals surface area contributed by atoms with Crippen molar-refractivity contribution >= 4 is 34.2 Å². The van der Waals surface area contributed by atoms with E-state index < -0.39 is 17.8 Å². The van der Waals surface area contributed by atoms with Crippen molar-refractivity contribution in [2.45, 2.75) is 12.8 Å². The Hall–Kier alpha value is -4.09. The summed E-state index contributed by atoms with van der Waals surface area (Å²) in [6.45, 7) is 1.93. The SMILES string of the molecule is CCOC(=O)C1=C(NC(=O)c2cccc(Cl)c2)Oc2ccc3ccccc3c2C1c1ccccc1. The summed E-state index contributed by atoms with van der Waals surface area (Å²) in [5, 5.41) is 5.21. The smallest absolute Gasteiger partial charge is 0.340 e. The molecule has 1 unspecified atom stereocenters. The van der Waals surface area contributed by atoms with Crippen molar-refractivity contribution in [2.24, 2.45) is 0 Å². The van der Waals surface area contributed by atoms with Crippen LogP contribution < -0.4 is 10.1 Å². The van der Waals surface area contributed by atoms with Gasteiger partial charge in [0.2, 0.25) is 5.88 Å². The quantitative estimate of drug-likeness (QED) is 0.342. The van der Waals surface area contributed by atoms with Crippen LogP contribution in [0.4, 0.5) is 0 Å². The van der Waals surface area contributed by atoms with E-state index in [0.29, 0.717) is 16.3 Å². The minimum Gasteiger partial charge on any atom is -0.462 e. The molecule has 5 nitrogen and oxygen atoms in total. The fourth-order valence-electron chi connectivity index (χ4n) is 4.40. The number of esters is 1. The van der Waals surface area contributed by atoms with Crippen LogP contribution in [0.2, 0.25) is 5.02 Å². The van der Waals surface area contributed by atoms with E-state index in [-0.39, 0.29) is 18.1 Å². The third-order valence-corrected chi connectivity index (χ3v) is 6.14. The zero-order valence-corrected chi connectivity index (χ0v) is 19.7. The van der Waals surface area contributed by atoms with Crippen LogP contribution in [-0.2, 0) is 9.53 Å². The molecular formula is C29H22ClNO4. The maximum Gasteiger partial charge on any atom is 0.340 e. The van der Waals surface area contributed by atoms with Crippen molar-refractivity contribution in [2.75, 3.05) is 6.61 Å². The van der Waals surface area contributed by atoms with E-state index >= 15 is 0 Å². The van der Waals surface area contributed by atoms with Gasteiger partial charge in [0.25, 0.3) is 5.91 Å². The lowest BCUT2D eigenvalue weighted by Crippen LogP contribution is -2.34. The van der Waals surface area contributed by atoms with Crippen LogP contribution in [0.5, 0.6) is 5.75 Å². The van der Waals surface area contributed by atoms with Gasteiger partial charge in [0.15, 0.2) is 0 Å². The molecule has 0 saturated carbocycles. The van der Waals surface area contributed by atoms with E-state index in [1.165, 1.54) is 0 Å². The number of fused-ring (bicyclic) bond motifs is 3. The largest absolute Gasteiger partial charge is 0.462 e. The molecule has 1 N–H and O–H groups in total. The number of ether oxygens (including phenoxy) is 2. The predicted molar refractivity (Wildman–Crippen MR) is 135 cm³/mol. The molecule has 1 heterocycles. The summed E-state index contributed by atoms with van der Waals surface area (Å²) in [6, 6.07) is 28.0. The van der Waals surface area contributed by atoms with Crippen LogP contribution >= 0.6 is 11.6 Å². The van der Waals surface area contributed by atoms with Gasteiger partial charge in [-0.05, 0) is 47.5 Å². The molecule has 6 heteroatoms. The predicted octanol–water partition coefficient (Wildman–Crippen LogP) is 6.22. The van der Waals surface area contributed by atoms with Crippen LogP contribution in [0.1, 0.15) is 34.3 Å². The summed E-state index contributed by atoms with van der Waals surface area (Å²) in [4.78, 5) is 26.5. The number of rotatable bonds is 5. The van der Waals surface area contributed by atoms with Crippen molar-refractivity contribution in [3.05, 3.63) is 124 Å². The molecule has 0 bridgehead atoms. The van der Waals surface area contributed by atoms with E-state index in [2.05, 4.69) is 5.32 Å². The lowest BCUT2D eigenvalue weighted by Gasteiger charge is -2.31. The number of halogens is 1. The highest BCUT2D eigenvalue weighted by Crippen LogP contribution is 2.46. The Morgan fingerprint density at radius 2 is 1.71 bits per heavy atom. The van der Waals surface area contributed by atoms with Gasteiger partial charge in [0.05, 0.1) is 12.5 Å². The second kappa shape index (κ2) is 9.65. The van der Waals surface area contributed by atoms with Crippen LogP contribution in [-0.4, -0.2) is 18.5 Å². The summed E-state index contributed by atoms with van der Waals surface area (Å²) in [6.07, 6.45) is 0. The summed E-state index contributed by atoms with van der Waals surface area (Å²) >= 11 is 6.08. The molecule has 0 aliphatic carbocycles. The molecule has 0 radical (unpaired) electrons. The summed E-state index contributed by atoms with van der Waals surface area (Å²) in [7, 11) is 0. The molecule has 4 aromatic rings. The molecule has 35 heavy (non-hydrogen) atoms. The van der Waals surface area contributed by atoms with Crippen LogP contribution in [0.15, 0.2) is 102 Å². The molecule has 4 aromatic carbocycles. The Balaban J connectivity index is 1.72. The zero-order valence-electron chi connectivity index (χ0n) is 19.0. The van der Waals surface area contributed by atoms with Crippen molar-refractivity contribution in [1.29, 1.82) is 0 Å². The Kier molecular flexibility index (Phi) is 6.25. The first kappa shape index (κ1) is 22.7. The number of carbonyl (C=O) groups excluding carboxylic acids is 2. The van der Waals surface area contributed by atoms with Crippen LogP contribution in [0.3, 0.4) is 0 Å². The van der Waals surface area contributed by atoms with Gasteiger partial charge in [0.1, 0.15) is 11.3 Å². The second-order valence-corrected chi connectivity index (χ2v) is 8.51. The molecular weight excluding hydrogens is 462 g/mol. The van der Waals surface area contributed by atoms with Gasteiger partial charge < -0.3 is 9.47 Å². The van der Waals surface area contributed by atoms with Crippen molar-refractivity contribution in [3.8, 4) is 5.75 Å². The first-order valence-corrected chi connectivity index (χ1v) is 11.7. The van der Waals surface area contributed by atoms with E-state index in [9.17, 15) is 9.59 Å². The number of benzene rings is 4. The Morgan fingerprint density at radius 3 is 2.49 bits per heavy atom. The van der Waals surface area contributed by atoms with E-state index in [1.807, 2.05) is 66.7 Å². The average molecular weight is 484 g/mol. The van der Waals surface area contributed by atoms with Crippen molar-refractivity contribution in [3.63, 3.8) is 0 Å². The fourth-order valence-corrected chi connectivity index (χ4v) is 4.59. The van der Waals surface area contributed by atoms with Gasteiger partial charge in [-0.3, -0.25) is 10.1 Å². The summed E-state index contributed by atoms with van der Waals surface area (Å²) < 4.78 is 11.7.